The predicted molar refractivity (Wildman–Crippen MR) is 98.1 cm³/mol. The monoisotopic (exact) mass is 366 g/mol. The molecule has 2 aromatic heterocycles. The van der Waals surface area contributed by atoms with Crippen LogP contribution < -0.4 is 4.57 Å². The highest BCUT2D eigenvalue weighted by molar-refractivity contribution is 7.99. The molecular formula is C18H16N5O2S+. The van der Waals surface area contributed by atoms with Gasteiger partial charge in [-0.05, 0) is 22.6 Å². The Balaban J connectivity index is 1.76. The van der Waals surface area contributed by atoms with E-state index in [1.807, 2.05) is 66.1 Å². The Hall–Kier alpha value is -3.13. The van der Waals surface area contributed by atoms with Crippen molar-refractivity contribution in [1.82, 2.24) is 15.0 Å². The summed E-state index contributed by atoms with van der Waals surface area (Å²) in [6.45, 7) is 2.37. The summed E-state index contributed by atoms with van der Waals surface area (Å²) < 4.78 is 1.91. The minimum absolute atomic E-state index is 0.0242. The van der Waals surface area contributed by atoms with Crippen LogP contribution >= 0.6 is 11.8 Å². The number of aryl methyl sites for hydroxylation is 1. The molecule has 2 heterocycles. The first-order valence-electron chi connectivity index (χ1n) is 8.05. The number of nitrogens with one attached hydrogen (secondary N) is 2. The lowest BCUT2D eigenvalue weighted by molar-refractivity contribution is -0.729. The maximum absolute atomic E-state index is 11.5. The van der Waals surface area contributed by atoms with E-state index in [4.69, 9.17) is 0 Å². The van der Waals surface area contributed by atoms with E-state index < -0.39 is 0 Å². The second-order valence-electron chi connectivity index (χ2n) is 5.85. The molecule has 8 heteroatoms. The fourth-order valence-electron chi connectivity index (χ4n) is 2.83. The number of benzene rings is 2. The molecule has 2 N–H and O–H groups in total. The Bertz CT molecular complexity index is 1050. The molecule has 0 spiro atoms. The van der Waals surface area contributed by atoms with Crippen molar-refractivity contribution in [3.63, 3.8) is 0 Å². The zero-order valence-electron chi connectivity index (χ0n) is 14.0. The second-order valence-corrected chi connectivity index (χ2v) is 6.83. The molecule has 0 saturated carbocycles. The van der Waals surface area contributed by atoms with E-state index in [9.17, 15) is 10.1 Å². The molecule has 0 amide bonds. The van der Waals surface area contributed by atoms with Crippen LogP contribution in [0.25, 0.3) is 11.0 Å². The van der Waals surface area contributed by atoms with Crippen molar-refractivity contribution in [2.24, 2.45) is 0 Å². The van der Waals surface area contributed by atoms with Crippen molar-refractivity contribution in [2.75, 3.05) is 0 Å². The van der Waals surface area contributed by atoms with Gasteiger partial charge in [-0.25, -0.2) is 14.5 Å². The van der Waals surface area contributed by atoms with Gasteiger partial charge in [0.15, 0.2) is 5.16 Å². The average Bonchev–Trinajstić information content (AvgIpc) is 3.18. The van der Waals surface area contributed by atoms with Crippen molar-refractivity contribution >= 4 is 28.6 Å². The number of nitro groups is 1. The van der Waals surface area contributed by atoms with Crippen LogP contribution in [0.15, 0.2) is 64.8 Å². The Morgan fingerprint density at radius 2 is 1.85 bits per heavy atom. The molecule has 0 fully saturated rings. The largest absolute Gasteiger partial charge is 0.378 e. The highest BCUT2D eigenvalue weighted by Crippen LogP contribution is 2.31. The van der Waals surface area contributed by atoms with Crippen LogP contribution in [0.4, 0.5) is 5.82 Å². The van der Waals surface area contributed by atoms with E-state index in [1.54, 1.807) is 0 Å². The van der Waals surface area contributed by atoms with Gasteiger partial charge < -0.3 is 15.1 Å². The standard InChI is InChI=1S/C18H15N5O2S/c1-12-19-16(23(24)25)17(22(12)11-13-7-3-2-4-8-13)26-18-20-14-9-5-6-10-15(14)21-18/h2-10H,11H2,1H3,(H,20,21)/p+1. The maximum Gasteiger partial charge on any atom is 0.378 e. The molecule has 4 rings (SSSR count). The van der Waals surface area contributed by atoms with E-state index in [-0.39, 0.29) is 10.7 Å². The van der Waals surface area contributed by atoms with Crippen LogP contribution in [0.3, 0.4) is 0 Å². The smallest absolute Gasteiger partial charge is 0.358 e. The summed E-state index contributed by atoms with van der Waals surface area (Å²) in [5.41, 5.74) is 2.81. The van der Waals surface area contributed by atoms with Gasteiger partial charge >= 0.3 is 5.82 Å². The second kappa shape index (κ2) is 6.64. The normalized spacial score (nSPS) is 11.1. The van der Waals surface area contributed by atoms with Crippen LogP contribution in [-0.2, 0) is 6.54 Å². The SMILES string of the molecule is Cc1[nH]c([N+](=O)[O-])c(Sc2nc3ccccc3[nH]2)[n+]1Cc1ccccc1. The minimum atomic E-state index is -0.389. The topological polar surface area (TPSA) is 91.5 Å². The highest BCUT2D eigenvalue weighted by Gasteiger charge is 2.29. The highest BCUT2D eigenvalue weighted by atomic mass is 32.2. The van der Waals surface area contributed by atoms with Crippen LogP contribution in [0.2, 0.25) is 0 Å². The summed E-state index contributed by atoms with van der Waals surface area (Å²) in [7, 11) is 0. The third-order valence-electron chi connectivity index (χ3n) is 4.08. The third-order valence-corrected chi connectivity index (χ3v) is 5.07. The summed E-state index contributed by atoms with van der Waals surface area (Å²) in [5, 5.41) is 12.7. The molecular weight excluding hydrogens is 350 g/mol. The summed E-state index contributed by atoms with van der Waals surface area (Å²) in [5.74, 6) is 0.697. The molecule has 0 saturated heterocycles. The number of aromatic amines is 2. The van der Waals surface area contributed by atoms with Crippen molar-refractivity contribution < 1.29 is 9.49 Å². The number of nitrogens with zero attached hydrogens (tertiary/aromatic N) is 3. The molecule has 0 aliphatic carbocycles. The Kier molecular flexibility index (Phi) is 4.18. The van der Waals surface area contributed by atoms with Crippen LogP contribution in [0.5, 0.6) is 0 Å². The first kappa shape index (κ1) is 16.3. The molecule has 7 nitrogen and oxygen atoms in total. The lowest BCUT2D eigenvalue weighted by Gasteiger charge is -2.03. The number of fused-ring (bicyclic) bond motifs is 1. The van der Waals surface area contributed by atoms with Crippen molar-refractivity contribution in [3.8, 4) is 0 Å². The van der Waals surface area contributed by atoms with Gasteiger partial charge in [-0.2, -0.15) is 0 Å². The van der Waals surface area contributed by atoms with Crippen molar-refractivity contribution in [1.29, 1.82) is 0 Å². The molecule has 4 aromatic rings. The number of imidazole rings is 2. The van der Waals surface area contributed by atoms with Gasteiger partial charge in [0.2, 0.25) is 0 Å². The Labute approximate surface area is 153 Å². The summed E-state index contributed by atoms with van der Waals surface area (Å²) >= 11 is 1.26. The van der Waals surface area contributed by atoms with E-state index in [0.29, 0.717) is 16.7 Å². The quantitative estimate of drug-likeness (QED) is 0.321. The van der Waals surface area contributed by atoms with E-state index in [0.717, 1.165) is 22.4 Å². The van der Waals surface area contributed by atoms with Crippen molar-refractivity contribution in [2.45, 2.75) is 23.7 Å². The molecule has 0 atom stereocenters. The lowest BCUT2D eigenvalue weighted by Crippen LogP contribution is -2.37. The number of H-pyrrole nitrogens is 2. The number of hydrogen-bond acceptors (Lipinski definition) is 4. The molecule has 0 aliphatic heterocycles. The molecule has 130 valence electrons. The van der Waals surface area contributed by atoms with Crippen molar-refractivity contribution in [3.05, 3.63) is 76.1 Å². The van der Waals surface area contributed by atoms with E-state index >= 15 is 0 Å². The van der Waals surface area contributed by atoms with Crippen LogP contribution in [0, 0.1) is 17.0 Å². The molecule has 0 aliphatic rings. The van der Waals surface area contributed by atoms with Crippen LogP contribution in [-0.4, -0.2) is 19.9 Å². The van der Waals surface area contributed by atoms with Gasteiger partial charge in [0.05, 0.1) is 11.0 Å². The first-order chi connectivity index (χ1) is 12.6. The molecule has 0 unspecified atom stereocenters. The number of aromatic nitrogens is 4. The lowest BCUT2D eigenvalue weighted by atomic mass is 10.2. The molecule has 26 heavy (non-hydrogen) atoms. The zero-order chi connectivity index (χ0) is 18.1. The van der Waals surface area contributed by atoms with Gasteiger partial charge in [-0.1, -0.05) is 42.5 Å². The fourth-order valence-corrected chi connectivity index (χ4v) is 3.85. The molecule has 0 radical (unpaired) electrons. The van der Waals surface area contributed by atoms with E-state index in [2.05, 4.69) is 15.0 Å². The van der Waals surface area contributed by atoms with Gasteiger partial charge in [0, 0.05) is 18.7 Å². The zero-order valence-corrected chi connectivity index (χ0v) is 14.8. The van der Waals surface area contributed by atoms with Crippen LogP contribution in [0.1, 0.15) is 11.4 Å². The third kappa shape index (κ3) is 3.06. The van der Waals surface area contributed by atoms with Gasteiger partial charge in [0.1, 0.15) is 6.54 Å². The first-order valence-corrected chi connectivity index (χ1v) is 8.87. The Morgan fingerprint density at radius 1 is 1.12 bits per heavy atom. The van der Waals surface area contributed by atoms with E-state index in [1.165, 1.54) is 11.8 Å². The summed E-state index contributed by atoms with van der Waals surface area (Å²) in [6.07, 6.45) is 0. The fraction of sp³-hybridized carbons (Fsp3) is 0.111. The van der Waals surface area contributed by atoms with Gasteiger partial charge in [-0.15, -0.1) is 0 Å². The molecule has 0 bridgehead atoms. The average molecular weight is 366 g/mol. The molecule has 2 aromatic carbocycles. The predicted octanol–water partition coefficient (Wildman–Crippen LogP) is 3.59. The summed E-state index contributed by atoms with van der Waals surface area (Å²) in [6, 6.07) is 17.5. The maximum atomic E-state index is 11.5. The number of para-hydroxylation sites is 2. The minimum Gasteiger partial charge on any atom is -0.358 e. The Morgan fingerprint density at radius 3 is 2.58 bits per heavy atom. The number of rotatable bonds is 5. The van der Waals surface area contributed by atoms with Gasteiger partial charge in [0.25, 0.3) is 10.9 Å². The summed E-state index contributed by atoms with van der Waals surface area (Å²) in [4.78, 5) is 21.8. The number of hydrogen-bond donors (Lipinski definition) is 2. The van der Waals surface area contributed by atoms with Gasteiger partial charge in [-0.3, -0.25) is 0 Å².